The van der Waals surface area contributed by atoms with Gasteiger partial charge in [-0.05, 0) is 53.6 Å². The summed E-state index contributed by atoms with van der Waals surface area (Å²) in [5.74, 6) is 0.914. The second-order valence-corrected chi connectivity index (χ2v) is 9.51. The Balaban J connectivity index is 1.36. The number of rotatable bonds is 8. The van der Waals surface area contributed by atoms with Gasteiger partial charge >= 0.3 is 5.97 Å². The average molecular weight is 565 g/mol. The van der Waals surface area contributed by atoms with Gasteiger partial charge in [-0.15, -0.1) is 0 Å². The lowest BCUT2D eigenvalue weighted by Crippen LogP contribution is -2.21. The summed E-state index contributed by atoms with van der Waals surface area (Å²) in [6.07, 6.45) is 2.98. The van der Waals surface area contributed by atoms with Crippen LogP contribution in [0.15, 0.2) is 109 Å². The quantitative estimate of drug-likeness (QED) is 0.143. The number of allylic oxidation sites excluding steroid dienone is 1. The van der Waals surface area contributed by atoms with Gasteiger partial charge in [-0.2, -0.15) is 5.26 Å². The molecule has 0 spiro atoms. The molecule has 1 aliphatic rings. The highest BCUT2D eigenvalue weighted by molar-refractivity contribution is 6.31. The molecule has 0 fully saturated rings. The molecule has 0 aromatic heterocycles. The average Bonchev–Trinajstić information content (AvgIpc) is 2.99. The zero-order chi connectivity index (χ0) is 28.8. The van der Waals surface area contributed by atoms with E-state index in [4.69, 9.17) is 36.3 Å². The number of nitriles is 1. The molecule has 0 saturated carbocycles. The zero-order valence-electron chi connectivity index (χ0n) is 22.0. The fraction of sp³-hybridized carbons (Fsp3) is 0.0909. The number of esters is 1. The fourth-order valence-electron chi connectivity index (χ4n) is 4.43. The van der Waals surface area contributed by atoms with Gasteiger partial charge < -0.3 is 24.7 Å². The molecule has 5 rings (SSSR count). The van der Waals surface area contributed by atoms with E-state index < -0.39 is 11.9 Å². The summed E-state index contributed by atoms with van der Waals surface area (Å²) < 4.78 is 22.4. The molecular formula is C33H25ClN2O5. The number of carbonyl (C=O) groups excluding carboxylic acids is 1. The van der Waals surface area contributed by atoms with Crippen molar-refractivity contribution in [1.29, 1.82) is 5.26 Å². The molecule has 4 aromatic carbocycles. The number of halogens is 1. The van der Waals surface area contributed by atoms with Crippen LogP contribution in [0.3, 0.4) is 0 Å². The standard InChI is InChI=1S/C33H25ClN2O5/c1-38-24-12-9-21(10-13-24)11-16-31(37)40-26-14-15-27-30(18-26)41-33(36)28(19-35)32(27)22-6-4-7-25(17-22)39-20-23-5-2-3-8-29(23)34/h2-18,32H,20,36H2,1H3/b16-11+. The molecule has 0 saturated heterocycles. The summed E-state index contributed by atoms with van der Waals surface area (Å²) in [5.41, 5.74) is 9.61. The number of benzene rings is 4. The van der Waals surface area contributed by atoms with Crippen LogP contribution in [0, 0.1) is 11.3 Å². The number of carbonyl (C=O) groups is 1. The maximum absolute atomic E-state index is 12.5. The first-order valence-corrected chi connectivity index (χ1v) is 13.0. The van der Waals surface area contributed by atoms with Crippen molar-refractivity contribution < 1.29 is 23.7 Å². The normalized spacial score (nSPS) is 14.1. The van der Waals surface area contributed by atoms with Crippen LogP contribution in [0.2, 0.25) is 5.02 Å². The molecule has 0 bridgehead atoms. The highest BCUT2D eigenvalue weighted by Gasteiger charge is 2.31. The number of fused-ring (bicyclic) bond motifs is 1. The summed E-state index contributed by atoms with van der Waals surface area (Å²) in [4.78, 5) is 12.5. The molecule has 1 atom stereocenters. The molecule has 204 valence electrons. The third-order valence-corrected chi connectivity index (χ3v) is 6.85. The first kappa shape index (κ1) is 27.4. The van der Waals surface area contributed by atoms with Crippen LogP contribution in [0.1, 0.15) is 28.2 Å². The third-order valence-electron chi connectivity index (χ3n) is 6.48. The van der Waals surface area contributed by atoms with Crippen LogP contribution in [0.25, 0.3) is 6.08 Å². The summed E-state index contributed by atoms with van der Waals surface area (Å²) in [7, 11) is 1.59. The van der Waals surface area contributed by atoms with Gasteiger partial charge in [0.15, 0.2) is 0 Å². The van der Waals surface area contributed by atoms with Crippen molar-refractivity contribution in [2.75, 3.05) is 7.11 Å². The first-order valence-electron chi connectivity index (χ1n) is 12.7. The predicted molar refractivity (Wildman–Crippen MR) is 156 cm³/mol. The minimum absolute atomic E-state index is 0.0183. The maximum Gasteiger partial charge on any atom is 0.336 e. The van der Waals surface area contributed by atoms with E-state index in [1.165, 1.54) is 6.08 Å². The molecule has 0 aliphatic carbocycles. The largest absolute Gasteiger partial charge is 0.497 e. The number of hydrogen-bond donors (Lipinski definition) is 1. The Morgan fingerprint density at radius 3 is 2.54 bits per heavy atom. The van der Waals surface area contributed by atoms with Crippen molar-refractivity contribution in [3.8, 4) is 29.1 Å². The van der Waals surface area contributed by atoms with Crippen molar-refractivity contribution >= 4 is 23.6 Å². The second kappa shape index (κ2) is 12.3. The number of nitrogens with two attached hydrogens (primary N) is 1. The zero-order valence-corrected chi connectivity index (χ0v) is 22.8. The maximum atomic E-state index is 12.5. The SMILES string of the molecule is COc1ccc(/C=C/C(=O)Oc2ccc3c(c2)OC(N)=C(C#N)C3c2cccc(OCc3ccccc3Cl)c2)cc1. The van der Waals surface area contributed by atoms with E-state index in [2.05, 4.69) is 6.07 Å². The Hall–Kier alpha value is -5.19. The number of ether oxygens (including phenoxy) is 4. The summed E-state index contributed by atoms with van der Waals surface area (Å²) >= 11 is 6.26. The highest BCUT2D eigenvalue weighted by Crippen LogP contribution is 2.44. The molecule has 8 heteroatoms. The van der Waals surface area contributed by atoms with E-state index in [1.807, 2.05) is 60.7 Å². The van der Waals surface area contributed by atoms with E-state index in [9.17, 15) is 10.1 Å². The van der Waals surface area contributed by atoms with E-state index in [1.54, 1.807) is 43.5 Å². The predicted octanol–water partition coefficient (Wildman–Crippen LogP) is 6.76. The monoisotopic (exact) mass is 564 g/mol. The van der Waals surface area contributed by atoms with Crippen LogP contribution < -0.4 is 24.7 Å². The minimum Gasteiger partial charge on any atom is -0.497 e. The van der Waals surface area contributed by atoms with Gasteiger partial charge in [0.1, 0.15) is 41.2 Å². The van der Waals surface area contributed by atoms with Gasteiger partial charge in [-0.25, -0.2) is 4.79 Å². The van der Waals surface area contributed by atoms with Gasteiger partial charge in [0, 0.05) is 28.3 Å². The van der Waals surface area contributed by atoms with Crippen LogP contribution in [-0.2, 0) is 11.4 Å². The summed E-state index contributed by atoms with van der Waals surface area (Å²) in [6, 6.07) is 29.4. The van der Waals surface area contributed by atoms with Gasteiger partial charge in [0.2, 0.25) is 5.88 Å². The topological polar surface area (TPSA) is 104 Å². The van der Waals surface area contributed by atoms with Gasteiger partial charge in [-0.3, -0.25) is 0 Å². The van der Waals surface area contributed by atoms with Crippen molar-refractivity contribution in [2.24, 2.45) is 5.73 Å². The van der Waals surface area contributed by atoms with Crippen LogP contribution >= 0.6 is 11.6 Å². The second-order valence-electron chi connectivity index (χ2n) is 9.10. The van der Waals surface area contributed by atoms with Crippen molar-refractivity contribution in [3.05, 3.63) is 136 Å². The summed E-state index contributed by atoms with van der Waals surface area (Å²) in [6.45, 7) is 0.290. The first-order chi connectivity index (χ1) is 19.9. The van der Waals surface area contributed by atoms with Crippen LogP contribution in [0.5, 0.6) is 23.0 Å². The van der Waals surface area contributed by atoms with E-state index in [0.717, 1.165) is 22.4 Å². The molecule has 1 unspecified atom stereocenters. The molecule has 0 radical (unpaired) electrons. The lowest BCUT2D eigenvalue weighted by Gasteiger charge is -2.27. The molecule has 0 amide bonds. The molecule has 1 aliphatic heterocycles. The Morgan fingerprint density at radius 1 is 1.00 bits per heavy atom. The molecular weight excluding hydrogens is 540 g/mol. The fourth-order valence-corrected chi connectivity index (χ4v) is 4.62. The molecule has 1 heterocycles. The van der Waals surface area contributed by atoms with Gasteiger partial charge in [-0.1, -0.05) is 60.1 Å². The smallest absolute Gasteiger partial charge is 0.336 e. The van der Waals surface area contributed by atoms with E-state index in [0.29, 0.717) is 22.1 Å². The van der Waals surface area contributed by atoms with Crippen LogP contribution in [0.4, 0.5) is 0 Å². The molecule has 41 heavy (non-hydrogen) atoms. The Morgan fingerprint density at radius 2 is 1.78 bits per heavy atom. The van der Waals surface area contributed by atoms with Crippen molar-refractivity contribution in [2.45, 2.75) is 12.5 Å². The Bertz CT molecular complexity index is 1690. The lowest BCUT2D eigenvalue weighted by atomic mass is 9.83. The lowest BCUT2D eigenvalue weighted by molar-refractivity contribution is -0.128. The van der Waals surface area contributed by atoms with E-state index in [-0.39, 0.29) is 23.8 Å². The highest BCUT2D eigenvalue weighted by atomic mass is 35.5. The number of nitrogens with zero attached hydrogens (tertiary/aromatic N) is 1. The van der Waals surface area contributed by atoms with Crippen molar-refractivity contribution in [3.63, 3.8) is 0 Å². The van der Waals surface area contributed by atoms with Gasteiger partial charge in [0.25, 0.3) is 0 Å². The number of methoxy groups -OCH3 is 1. The van der Waals surface area contributed by atoms with E-state index >= 15 is 0 Å². The van der Waals surface area contributed by atoms with Crippen LogP contribution in [-0.4, -0.2) is 13.1 Å². The van der Waals surface area contributed by atoms with Gasteiger partial charge in [0.05, 0.1) is 13.0 Å². The number of hydrogen-bond acceptors (Lipinski definition) is 7. The summed E-state index contributed by atoms with van der Waals surface area (Å²) in [5, 5.41) is 10.6. The molecule has 7 nitrogen and oxygen atoms in total. The third kappa shape index (κ3) is 6.35. The van der Waals surface area contributed by atoms with Crippen molar-refractivity contribution in [1.82, 2.24) is 0 Å². The minimum atomic E-state index is -0.558. The Kier molecular flexibility index (Phi) is 8.23. The molecule has 2 N–H and O–H groups in total. The Labute approximate surface area is 242 Å². The molecule has 4 aromatic rings.